The van der Waals surface area contributed by atoms with Gasteiger partial charge in [0.25, 0.3) is 0 Å². The van der Waals surface area contributed by atoms with E-state index in [0.717, 1.165) is 0 Å². The molecule has 0 atom stereocenters. The van der Waals surface area contributed by atoms with Gasteiger partial charge in [0.2, 0.25) is 0 Å². The van der Waals surface area contributed by atoms with Crippen molar-refractivity contribution in [3.8, 4) is 0 Å². The minimum absolute atomic E-state index is 0.417. The van der Waals surface area contributed by atoms with Crippen molar-refractivity contribution in [1.82, 2.24) is 10.2 Å². The lowest BCUT2D eigenvalue weighted by atomic mass is 9.99. The molecule has 2 aromatic rings. The average molecular weight is 190 g/mol. The van der Waals surface area contributed by atoms with Gasteiger partial charge in [-0.05, 0) is 17.7 Å². The fourth-order valence-corrected chi connectivity index (χ4v) is 1.44. The van der Waals surface area contributed by atoms with Crippen LogP contribution in [0.2, 0.25) is 5.02 Å². The Hall–Kier alpha value is -1.29. The molecule has 1 heterocycles. The van der Waals surface area contributed by atoms with Crippen LogP contribution >= 0.6 is 11.6 Å². The number of rotatable bonds is 1. The lowest BCUT2D eigenvalue weighted by Gasteiger charge is -1.95. The van der Waals surface area contributed by atoms with Crippen molar-refractivity contribution in [2.24, 2.45) is 0 Å². The van der Waals surface area contributed by atoms with Crippen LogP contribution in [0.3, 0.4) is 0 Å². The van der Waals surface area contributed by atoms with Gasteiger partial charge in [-0.1, -0.05) is 11.6 Å². The molecule has 0 fully saturated rings. The first-order valence-electron chi connectivity index (χ1n) is 3.60. The number of hydrogen-bond acceptors (Lipinski definition) is 2. The number of fused-ring (bicyclic) bond motifs is 1. The monoisotopic (exact) mass is 190 g/mol. The van der Waals surface area contributed by atoms with Gasteiger partial charge in [0.15, 0.2) is 6.29 Å². The fraction of sp³-hybridized carbons (Fsp3) is 0. The van der Waals surface area contributed by atoms with Crippen LogP contribution in [0.25, 0.3) is 10.9 Å². The Bertz CT molecular complexity index is 480. The zero-order chi connectivity index (χ0) is 9.42. The third-order valence-corrected chi connectivity index (χ3v) is 2.03. The molecule has 0 amide bonds. The number of nitrogens with one attached hydrogen (secondary N) is 1. The Morgan fingerprint density at radius 1 is 1.54 bits per heavy atom. The molecule has 13 heavy (non-hydrogen) atoms. The van der Waals surface area contributed by atoms with Crippen molar-refractivity contribution < 1.29 is 4.79 Å². The molecule has 1 aromatic carbocycles. The largest absolute Gasteiger partial charge is 0.298 e. The van der Waals surface area contributed by atoms with Crippen molar-refractivity contribution in [3.05, 3.63) is 22.7 Å². The Morgan fingerprint density at radius 2 is 2.31 bits per heavy atom. The summed E-state index contributed by atoms with van der Waals surface area (Å²) < 4.78 is 0. The fourth-order valence-electron chi connectivity index (χ4n) is 1.22. The van der Waals surface area contributed by atoms with E-state index in [1.165, 1.54) is 0 Å². The molecule has 0 saturated heterocycles. The highest BCUT2D eigenvalue weighted by atomic mass is 35.5. The number of nitrogens with zero attached hydrogens (tertiary/aromatic N) is 1. The van der Waals surface area contributed by atoms with Gasteiger partial charge in [0.05, 0.1) is 0 Å². The molecule has 0 unspecified atom stereocenters. The van der Waals surface area contributed by atoms with Crippen LogP contribution in [-0.2, 0) is 0 Å². The number of benzene rings is 1. The Kier molecular flexibility index (Phi) is 1.85. The quantitative estimate of drug-likeness (QED) is 0.535. The van der Waals surface area contributed by atoms with Gasteiger partial charge in [0.1, 0.15) is 13.4 Å². The van der Waals surface area contributed by atoms with Crippen LogP contribution in [0.4, 0.5) is 0 Å². The molecular weight excluding hydrogens is 186 g/mol. The molecule has 0 aliphatic rings. The highest BCUT2D eigenvalue weighted by Gasteiger charge is 2.06. The Morgan fingerprint density at radius 3 is 3.00 bits per heavy atom. The molecule has 2 rings (SSSR count). The number of carbonyl (C=O) groups is 1. The second-order valence-electron chi connectivity index (χ2n) is 2.65. The summed E-state index contributed by atoms with van der Waals surface area (Å²) in [5.41, 5.74) is 1.41. The summed E-state index contributed by atoms with van der Waals surface area (Å²) >= 11 is 5.78. The average Bonchev–Trinajstić information content (AvgIpc) is 2.47. The first-order valence-corrected chi connectivity index (χ1v) is 3.98. The van der Waals surface area contributed by atoms with E-state index in [2.05, 4.69) is 10.2 Å². The van der Waals surface area contributed by atoms with Crippen LogP contribution in [-0.4, -0.2) is 24.3 Å². The van der Waals surface area contributed by atoms with E-state index in [4.69, 9.17) is 19.4 Å². The van der Waals surface area contributed by atoms with Gasteiger partial charge in [-0.15, -0.1) is 0 Å². The van der Waals surface area contributed by atoms with E-state index in [1.54, 1.807) is 12.1 Å². The minimum atomic E-state index is 0.417. The molecule has 5 heteroatoms. The van der Waals surface area contributed by atoms with E-state index >= 15 is 0 Å². The van der Waals surface area contributed by atoms with Crippen molar-refractivity contribution in [1.29, 1.82) is 0 Å². The molecular formula is C8H4BClN2O. The second-order valence-corrected chi connectivity index (χ2v) is 3.08. The van der Waals surface area contributed by atoms with Crippen molar-refractivity contribution >= 4 is 42.2 Å². The number of aromatic nitrogens is 2. The van der Waals surface area contributed by atoms with E-state index in [1.807, 2.05) is 0 Å². The summed E-state index contributed by atoms with van der Waals surface area (Å²) in [5, 5.41) is 7.63. The van der Waals surface area contributed by atoms with Gasteiger partial charge in [0, 0.05) is 16.0 Å². The SMILES string of the molecule is [B]c1[nH]nc2c(C=O)cc(Cl)cc12. The number of aldehydes is 1. The number of halogens is 1. The van der Waals surface area contributed by atoms with E-state index < -0.39 is 0 Å². The lowest BCUT2D eigenvalue weighted by molar-refractivity contribution is 0.112. The maximum Gasteiger partial charge on any atom is 0.152 e. The molecule has 3 nitrogen and oxygen atoms in total. The third-order valence-electron chi connectivity index (χ3n) is 1.81. The van der Waals surface area contributed by atoms with Crippen LogP contribution in [0.1, 0.15) is 10.4 Å². The third kappa shape index (κ3) is 1.23. The zero-order valence-corrected chi connectivity index (χ0v) is 7.30. The zero-order valence-electron chi connectivity index (χ0n) is 6.54. The number of H-pyrrole nitrogens is 1. The second kappa shape index (κ2) is 2.89. The summed E-state index contributed by atoms with van der Waals surface area (Å²) in [5.74, 6) is 0. The number of carbonyl (C=O) groups excluding carboxylic acids is 1. The van der Waals surface area contributed by atoms with E-state index in [0.29, 0.717) is 33.4 Å². The van der Waals surface area contributed by atoms with Crippen LogP contribution in [0.5, 0.6) is 0 Å². The van der Waals surface area contributed by atoms with Gasteiger partial charge >= 0.3 is 0 Å². The smallest absolute Gasteiger partial charge is 0.152 e. The van der Waals surface area contributed by atoms with Crippen LogP contribution in [0, 0.1) is 0 Å². The topological polar surface area (TPSA) is 45.8 Å². The first-order chi connectivity index (χ1) is 6.22. The highest BCUT2D eigenvalue weighted by Crippen LogP contribution is 2.19. The molecule has 1 N–H and O–H groups in total. The number of aromatic amines is 1. The molecule has 0 bridgehead atoms. The van der Waals surface area contributed by atoms with E-state index in [9.17, 15) is 4.79 Å². The van der Waals surface area contributed by atoms with Gasteiger partial charge in [-0.2, -0.15) is 5.10 Å². The summed E-state index contributed by atoms with van der Waals surface area (Å²) in [6.07, 6.45) is 0.703. The standard InChI is InChI=1S/C8H4BClN2O/c9-8-6-2-5(10)1-4(3-13)7(6)11-12-8/h1-3H,(H,11,12). The molecule has 1 aromatic heterocycles. The van der Waals surface area contributed by atoms with Gasteiger partial charge in [-0.3, -0.25) is 9.89 Å². The van der Waals surface area contributed by atoms with Crippen molar-refractivity contribution in [3.63, 3.8) is 0 Å². The Balaban J connectivity index is 2.91. The molecule has 0 spiro atoms. The number of hydrogen-bond donors (Lipinski definition) is 1. The predicted molar refractivity (Wildman–Crippen MR) is 51.9 cm³/mol. The Labute approximate surface area is 80.5 Å². The normalized spacial score (nSPS) is 10.5. The molecule has 62 valence electrons. The summed E-state index contributed by atoms with van der Waals surface area (Å²) in [4.78, 5) is 10.6. The van der Waals surface area contributed by atoms with Crippen LogP contribution in [0.15, 0.2) is 12.1 Å². The lowest BCUT2D eigenvalue weighted by Crippen LogP contribution is -2.02. The van der Waals surface area contributed by atoms with Crippen LogP contribution < -0.4 is 5.59 Å². The molecule has 0 aliphatic heterocycles. The van der Waals surface area contributed by atoms with Gasteiger partial charge < -0.3 is 0 Å². The summed E-state index contributed by atoms with van der Waals surface area (Å²) in [6, 6.07) is 3.22. The summed E-state index contributed by atoms with van der Waals surface area (Å²) in [7, 11) is 5.58. The molecule has 0 saturated carbocycles. The molecule has 2 radical (unpaired) electrons. The highest BCUT2D eigenvalue weighted by molar-refractivity contribution is 6.39. The minimum Gasteiger partial charge on any atom is -0.298 e. The van der Waals surface area contributed by atoms with E-state index in [-0.39, 0.29) is 0 Å². The maximum absolute atomic E-state index is 10.6. The predicted octanol–water partition coefficient (Wildman–Crippen LogP) is 0.823. The first kappa shape index (κ1) is 8.32. The van der Waals surface area contributed by atoms with Gasteiger partial charge in [-0.25, -0.2) is 0 Å². The molecule has 0 aliphatic carbocycles. The summed E-state index contributed by atoms with van der Waals surface area (Å²) in [6.45, 7) is 0. The van der Waals surface area contributed by atoms with Crippen molar-refractivity contribution in [2.45, 2.75) is 0 Å². The van der Waals surface area contributed by atoms with Crippen molar-refractivity contribution in [2.75, 3.05) is 0 Å². The maximum atomic E-state index is 10.6.